The van der Waals surface area contributed by atoms with Crippen LogP contribution < -0.4 is 5.32 Å². The van der Waals surface area contributed by atoms with Crippen molar-refractivity contribution in [3.8, 4) is 5.69 Å². The lowest BCUT2D eigenvalue weighted by Crippen LogP contribution is -2.49. The quantitative estimate of drug-likeness (QED) is 0.874. The summed E-state index contributed by atoms with van der Waals surface area (Å²) in [6.45, 7) is 6.83. The zero-order chi connectivity index (χ0) is 19.8. The van der Waals surface area contributed by atoms with Crippen molar-refractivity contribution < 1.29 is 13.2 Å². The fraction of sp³-hybridized carbons (Fsp3) is 0.450. The predicted molar refractivity (Wildman–Crippen MR) is 107 cm³/mol. The van der Waals surface area contributed by atoms with E-state index in [1.165, 1.54) is 10.6 Å². The van der Waals surface area contributed by atoms with Gasteiger partial charge >= 0.3 is 0 Å². The van der Waals surface area contributed by atoms with Crippen molar-refractivity contribution in [3.05, 3.63) is 52.8 Å². The molecule has 2 heterocycles. The number of nitrogens with zero attached hydrogens (tertiary/aromatic N) is 2. The van der Waals surface area contributed by atoms with Gasteiger partial charge in [-0.2, -0.15) is 0 Å². The second-order valence-electron chi connectivity index (χ2n) is 7.41. The molecule has 0 saturated carbocycles. The van der Waals surface area contributed by atoms with Crippen molar-refractivity contribution in [2.75, 3.05) is 19.3 Å². The van der Waals surface area contributed by atoms with E-state index in [0.717, 1.165) is 35.5 Å². The van der Waals surface area contributed by atoms with Gasteiger partial charge in [0.05, 0.1) is 17.5 Å². The zero-order valence-electron chi connectivity index (χ0n) is 16.3. The molecule has 27 heavy (non-hydrogen) atoms. The van der Waals surface area contributed by atoms with Gasteiger partial charge in [-0.05, 0) is 57.9 Å². The molecule has 1 amide bonds. The van der Waals surface area contributed by atoms with Crippen molar-refractivity contribution in [1.29, 1.82) is 0 Å². The third kappa shape index (κ3) is 4.25. The Bertz CT molecular complexity index is 943. The Morgan fingerprint density at radius 3 is 2.41 bits per heavy atom. The minimum absolute atomic E-state index is 0.165. The number of benzene rings is 1. The number of aryl methyl sites for hydroxylation is 3. The van der Waals surface area contributed by atoms with Gasteiger partial charge < -0.3 is 9.88 Å². The van der Waals surface area contributed by atoms with Crippen molar-refractivity contribution in [1.82, 2.24) is 14.2 Å². The molecule has 1 fully saturated rings. The molecule has 0 spiro atoms. The van der Waals surface area contributed by atoms with E-state index in [0.29, 0.717) is 18.7 Å². The highest BCUT2D eigenvalue weighted by Gasteiger charge is 2.27. The molecule has 3 rings (SSSR count). The molecule has 6 nitrogen and oxygen atoms in total. The van der Waals surface area contributed by atoms with Gasteiger partial charge in [0, 0.05) is 30.5 Å². The molecule has 0 aliphatic carbocycles. The Hall–Kier alpha value is -2.12. The Morgan fingerprint density at radius 2 is 1.78 bits per heavy atom. The number of rotatable bonds is 4. The van der Waals surface area contributed by atoms with E-state index in [1.807, 2.05) is 51.1 Å². The number of nitrogens with one attached hydrogen (secondary N) is 1. The molecule has 0 bridgehead atoms. The van der Waals surface area contributed by atoms with E-state index in [2.05, 4.69) is 9.88 Å². The maximum atomic E-state index is 13.1. The molecule has 2 aromatic rings. The number of carbonyl (C=O) groups is 1. The van der Waals surface area contributed by atoms with Crippen molar-refractivity contribution >= 4 is 15.9 Å². The van der Waals surface area contributed by atoms with Crippen LogP contribution in [0.3, 0.4) is 0 Å². The van der Waals surface area contributed by atoms with Gasteiger partial charge in [-0.25, -0.2) is 12.7 Å². The Morgan fingerprint density at radius 1 is 1.11 bits per heavy atom. The van der Waals surface area contributed by atoms with Gasteiger partial charge in [-0.3, -0.25) is 4.79 Å². The number of aromatic nitrogens is 1. The lowest BCUT2D eigenvalue weighted by molar-refractivity contribution is 0.0921. The van der Waals surface area contributed by atoms with Gasteiger partial charge in [0.25, 0.3) is 5.91 Å². The number of hydrogen-bond acceptors (Lipinski definition) is 3. The number of amides is 1. The maximum Gasteiger partial charge on any atom is 0.253 e. The molecular weight excluding hydrogens is 362 g/mol. The Balaban J connectivity index is 1.88. The summed E-state index contributed by atoms with van der Waals surface area (Å²) in [5.41, 5.74) is 4.58. The van der Waals surface area contributed by atoms with Gasteiger partial charge in [0.15, 0.2) is 0 Å². The van der Waals surface area contributed by atoms with Crippen LogP contribution in [0.25, 0.3) is 5.69 Å². The lowest BCUT2D eigenvalue weighted by Gasteiger charge is -2.31. The molecule has 1 atom stereocenters. The van der Waals surface area contributed by atoms with Crippen LogP contribution >= 0.6 is 0 Å². The van der Waals surface area contributed by atoms with Gasteiger partial charge in [-0.15, -0.1) is 0 Å². The van der Waals surface area contributed by atoms with E-state index in [4.69, 9.17) is 0 Å². The molecule has 1 aliphatic rings. The molecular formula is C20H27N3O3S. The van der Waals surface area contributed by atoms with Crippen molar-refractivity contribution in [3.63, 3.8) is 0 Å². The summed E-state index contributed by atoms with van der Waals surface area (Å²) in [4.78, 5) is 13.1. The van der Waals surface area contributed by atoms with E-state index in [1.54, 1.807) is 0 Å². The highest BCUT2D eigenvalue weighted by atomic mass is 32.2. The van der Waals surface area contributed by atoms with Crippen LogP contribution in [-0.2, 0) is 10.0 Å². The van der Waals surface area contributed by atoms with E-state index in [9.17, 15) is 13.2 Å². The molecule has 1 aromatic heterocycles. The fourth-order valence-corrected chi connectivity index (χ4v) is 4.61. The van der Waals surface area contributed by atoms with Crippen LogP contribution in [0.4, 0.5) is 0 Å². The van der Waals surface area contributed by atoms with Crippen LogP contribution in [0, 0.1) is 20.8 Å². The molecule has 0 radical (unpaired) electrons. The molecule has 1 saturated heterocycles. The summed E-state index contributed by atoms with van der Waals surface area (Å²) in [6, 6.07) is 9.73. The van der Waals surface area contributed by atoms with E-state index >= 15 is 0 Å². The summed E-state index contributed by atoms with van der Waals surface area (Å²) in [5.74, 6) is -0.165. The van der Waals surface area contributed by atoms with Crippen molar-refractivity contribution in [2.45, 2.75) is 39.7 Å². The first-order valence-electron chi connectivity index (χ1n) is 9.19. The molecule has 1 N–H and O–H groups in total. The molecule has 1 unspecified atom stereocenters. The summed E-state index contributed by atoms with van der Waals surface area (Å²) >= 11 is 0. The molecule has 1 aromatic carbocycles. The zero-order valence-corrected chi connectivity index (χ0v) is 17.1. The van der Waals surface area contributed by atoms with Gasteiger partial charge in [-0.1, -0.05) is 11.6 Å². The maximum absolute atomic E-state index is 13.1. The average Bonchev–Trinajstić information content (AvgIpc) is 2.93. The second kappa shape index (κ2) is 7.48. The Kier molecular flexibility index (Phi) is 5.44. The SMILES string of the molecule is Cc1ccc(-n2c(C)ccc2C)c(C(=O)NC2CCCN(S(C)(=O)=O)C2)c1. The topological polar surface area (TPSA) is 71.4 Å². The fourth-order valence-electron chi connectivity index (χ4n) is 3.70. The third-order valence-corrected chi connectivity index (χ3v) is 6.37. The average molecular weight is 390 g/mol. The summed E-state index contributed by atoms with van der Waals surface area (Å²) in [6.07, 6.45) is 2.74. The first-order chi connectivity index (χ1) is 12.7. The predicted octanol–water partition coefficient (Wildman–Crippen LogP) is 2.56. The number of carbonyl (C=O) groups excluding carboxylic acids is 1. The first-order valence-corrected chi connectivity index (χ1v) is 11.0. The van der Waals surface area contributed by atoms with Crippen LogP contribution in [0.1, 0.15) is 40.2 Å². The largest absolute Gasteiger partial charge is 0.348 e. The van der Waals surface area contributed by atoms with Crippen LogP contribution in [-0.4, -0.2) is 48.6 Å². The van der Waals surface area contributed by atoms with E-state index in [-0.39, 0.29) is 11.9 Å². The monoisotopic (exact) mass is 389 g/mol. The highest BCUT2D eigenvalue weighted by molar-refractivity contribution is 7.88. The summed E-state index contributed by atoms with van der Waals surface area (Å²) in [7, 11) is -3.24. The summed E-state index contributed by atoms with van der Waals surface area (Å²) < 4.78 is 27.2. The van der Waals surface area contributed by atoms with Crippen molar-refractivity contribution in [2.24, 2.45) is 0 Å². The smallest absolute Gasteiger partial charge is 0.253 e. The minimum atomic E-state index is -3.24. The number of piperidine rings is 1. The van der Waals surface area contributed by atoms with Crippen LogP contribution in [0.15, 0.2) is 30.3 Å². The normalized spacial score (nSPS) is 18.4. The molecule has 1 aliphatic heterocycles. The van der Waals surface area contributed by atoms with Crippen LogP contribution in [0.2, 0.25) is 0 Å². The van der Waals surface area contributed by atoms with E-state index < -0.39 is 10.0 Å². The van der Waals surface area contributed by atoms with Crippen LogP contribution in [0.5, 0.6) is 0 Å². The number of sulfonamides is 1. The second-order valence-corrected chi connectivity index (χ2v) is 9.39. The summed E-state index contributed by atoms with van der Waals surface area (Å²) in [5, 5.41) is 3.05. The Labute approximate surface area is 161 Å². The highest BCUT2D eigenvalue weighted by Crippen LogP contribution is 2.22. The van der Waals surface area contributed by atoms with Gasteiger partial charge in [0.1, 0.15) is 0 Å². The third-order valence-electron chi connectivity index (χ3n) is 5.10. The number of hydrogen-bond donors (Lipinski definition) is 1. The molecule has 7 heteroatoms. The lowest BCUT2D eigenvalue weighted by atomic mass is 10.0. The minimum Gasteiger partial charge on any atom is -0.348 e. The standard InChI is InChI=1S/C20H27N3O3S/c1-14-7-10-19(23-15(2)8-9-16(23)3)18(12-14)20(24)21-17-6-5-11-22(13-17)27(4,25)26/h7-10,12,17H,5-6,11,13H2,1-4H3,(H,21,24). The van der Waals surface area contributed by atoms with Gasteiger partial charge in [0.2, 0.25) is 10.0 Å². The first kappa shape index (κ1) is 19.6. The molecule has 146 valence electrons.